The molecule has 3 aliphatic rings. The van der Waals surface area contributed by atoms with Crippen LogP contribution in [-0.2, 0) is 29.0 Å². The van der Waals surface area contributed by atoms with Gasteiger partial charge in [0.15, 0.2) is 0 Å². The van der Waals surface area contributed by atoms with Crippen molar-refractivity contribution in [1.82, 2.24) is 19.4 Å². The van der Waals surface area contributed by atoms with Crippen LogP contribution in [0.15, 0.2) is 42.7 Å². The number of fused-ring (bicyclic) bond motifs is 2. The predicted molar refractivity (Wildman–Crippen MR) is 152 cm³/mol. The number of halogens is 1. The molecule has 2 aromatic carbocycles. The average molecular weight is 574 g/mol. The molecule has 0 N–H and O–H groups in total. The lowest BCUT2D eigenvalue weighted by molar-refractivity contribution is 0.0126. The van der Waals surface area contributed by atoms with E-state index in [0.717, 1.165) is 30.6 Å². The minimum Gasteiger partial charge on any atom is -0.490 e. The number of carbonyl (C=O) groups is 2. The first-order valence-electron chi connectivity index (χ1n) is 14.4. The maximum absolute atomic E-state index is 15.3. The van der Waals surface area contributed by atoms with Crippen molar-refractivity contribution in [3.63, 3.8) is 0 Å². The Bertz CT molecular complexity index is 1520. The fraction of sp³-hybridized carbons (Fsp3) is 0.438. The van der Waals surface area contributed by atoms with Gasteiger partial charge in [-0.2, -0.15) is 0 Å². The number of ether oxygens (including phenoxy) is 2. The molecule has 1 atom stereocenters. The summed E-state index contributed by atoms with van der Waals surface area (Å²) in [7, 11) is 0. The summed E-state index contributed by atoms with van der Waals surface area (Å²) in [5.74, 6) is -0.220. The number of hydrogen-bond donors (Lipinski definition) is 0. The van der Waals surface area contributed by atoms with Crippen molar-refractivity contribution < 1.29 is 28.2 Å². The van der Waals surface area contributed by atoms with Gasteiger partial charge in [-0.3, -0.25) is 9.59 Å². The second kappa shape index (κ2) is 10.9. The fourth-order valence-electron chi connectivity index (χ4n) is 5.96. The molecule has 2 amide bonds. The van der Waals surface area contributed by atoms with Crippen LogP contribution in [0.5, 0.6) is 5.75 Å². The summed E-state index contributed by atoms with van der Waals surface area (Å²) < 4.78 is 28.9. The normalized spacial score (nSPS) is 17.7. The Kier molecular flexibility index (Phi) is 7.24. The number of carbonyl (C=O) groups excluding carboxylic acids is 3. The molecule has 1 unspecified atom stereocenters. The highest BCUT2D eigenvalue weighted by molar-refractivity contribution is 6.01. The molecule has 219 valence electrons. The van der Waals surface area contributed by atoms with Crippen LogP contribution in [0, 0.1) is 5.82 Å². The first kappa shape index (κ1) is 27.9. The first-order chi connectivity index (χ1) is 20.1. The van der Waals surface area contributed by atoms with Gasteiger partial charge < -0.3 is 23.8 Å². The molecule has 10 heteroatoms. The van der Waals surface area contributed by atoms with Gasteiger partial charge >= 0.3 is 6.09 Å². The summed E-state index contributed by atoms with van der Waals surface area (Å²) >= 11 is 0. The van der Waals surface area contributed by atoms with E-state index in [1.807, 2.05) is 55.9 Å². The Hall–Kier alpha value is -4.21. The summed E-state index contributed by atoms with van der Waals surface area (Å²) in [5.41, 5.74) is 2.75. The number of benzene rings is 2. The third-order valence-corrected chi connectivity index (χ3v) is 8.07. The monoisotopic (exact) mass is 573 g/mol. The topological polar surface area (TPSA) is 94.0 Å². The van der Waals surface area contributed by atoms with Crippen molar-refractivity contribution in [3.05, 3.63) is 71.1 Å². The molecule has 3 aromatic rings. The van der Waals surface area contributed by atoms with Gasteiger partial charge in [0.25, 0.3) is 5.91 Å². The van der Waals surface area contributed by atoms with Gasteiger partial charge in [0.05, 0.1) is 18.6 Å². The highest BCUT2D eigenvalue weighted by Gasteiger charge is 2.38. The summed E-state index contributed by atoms with van der Waals surface area (Å²) in [6.07, 6.45) is 6.45. The number of imidazole rings is 1. The molecule has 0 saturated carbocycles. The van der Waals surface area contributed by atoms with Crippen LogP contribution in [0.1, 0.15) is 73.4 Å². The van der Waals surface area contributed by atoms with Gasteiger partial charge in [-0.15, -0.1) is 0 Å². The van der Waals surface area contributed by atoms with Crippen LogP contribution in [0.2, 0.25) is 0 Å². The lowest BCUT2D eigenvalue weighted by Gasteiger charge is -2.33. The van der Waals surface area contributed by atoms with Crippen LogP contribution >= 0.6 is 0 Å². The van der Waals surface area contributed by atoms with Gasteiger partial charge in [-0.25, -0.2) is 14.2 Å². The van der Waals surface area contributed by atoms with Gasteiger partial charge in [0.1, 0.15) is 29.3 Å². The molecule has 6 rings (SSSR count). The van der Waals surface area contributed by atoms with E-state index in [2.05, 4.69) is 4.98 Å². The standard InChI is InChI=1S/C32H34FN4O5/c1-32(2,3)42-31(40)35-13-10-23(11-14-35)41-22-8-6-20(7-9-22)21-15-24-25(26(33)16-21)17-37(30(24)39)28(18-38)29-27-5-4-12-36(27)19-34-29/h6-9,15-16,19,23,28H,4-5,10-14,17H2,1-3H3. The van der Waals surface area contributed by atoms with E-state index in [1.165, 1.54) is 11.0 Å². The third kappa shape index (κ3) is 5.37. The molecule has 1 aromatic heterocycles. The predicted octanol–water partition coefficient (Wildman–Crippen LogP) is 5.22. The van der Waals surface area contributed by atoms with Crippen LogP contribution in [0.3, 0.4) is 0 Å². The molecule has 1 fully saturated rings. The Balaban J connectivity index is 1.12. The molecule has 0 aliphatic carbocycles. The zero-order valence-corrected chi connectivity index (χ0v) is 24.1. The van der Waals surface area contributed by atoms with Crippen molar-refractivity contribution in [3.8, 4) is 16.9 Å². The van der Waals surface area contributed by atoms with Crippen LogP contribution < -0.4 is 4.74 Å². The number of hydrogen-bond acceptors (Lipinski definition) is 6. The maximum Gasteiger partial charge on any atom is 0.410 e. The first-order valence-corrected chi connectivity index (χ1v) is 14.4. The number of rotatable bonds is 6. The SMILES string of the molecule is CC(C)(C)OC(=O)N1CCC(Oc2ccc(-c3cc(F)c4c(c3)C(=O)N(C([C]=O)c3ncn5c3CCC5)C4)cc2)CC1. The number of amides is 2. The summed E-state index contributed by atoms with van der Waals surface area (Å²) in [5, 5.41) is 0. The summed E-state index contributed by atoms with van der Waals surface area (Å²) in [6, 6.07) is 9.44. The third-order valence-electron chi connectivity index (χ3n) is 8.07. The summed E-state index contributed by atoms with van der Waals surface area (Å²) in [4.78, 5) is 45.2. The summed E-state index contributed by atoms with van der Waals surface area (Å²) in [6.45, 7) is 7.49. The maximum atomic E-state index is 15.3. The molecule has 4 heterocycles. The van der Waals surface area contributed by atoms with Crippen LogP contribution in [-0.4, -0.2) is 62.4 Å². The van der Waals surface area contributed by atoms with E-state index in [0.29, 0.717) is 42.9 Å². The largest absolute Gasteiger partial charge is 0.490 e. The van der Waals surface area contributed by atoms with E-state index >= 15 is 4.39 Å². The minimum absolute atomic E-state index is 0.00793. The number of piperidine rings is 1. The van der Waals surface area contributed by atoms with Crippen molar-refractivity contribution in [1.29, 1.82) is 0 Å². The molecule has 1 saturated heterocycles. The molecule has 0 bridgehead atoms. The second-order valence-corrected chi connectivity index (χ2v) is 12.1. The van der Waals surface area contributed by atoms with Crippen molar-refractivity contribution >= 4 is 18.3 Å². The zero-order chi connectivity index (χ0) is 29.6. The van der Waals surface area contributed by atoms with E-state index in [4.69, 9.17) is 9.47 Å². The number of likely N-dealkylation sites (tertiary alicyclic amines) is 1. The quantitative estimate of drug-likeness (QED) is 0.402. The number of aryl methyl sites for hydroxylation is 1. The molecular formula is C32H34FN4O5. The fourth-order valence-corrected chi connectivity index (χ4v) is 5.96. The molecular weight excluding hydrogens is 539 g/mol. The van der Waals surface area contributed by atoms with Crippen LogP contribution in [0.4, 0.5) is 9.18 Å². The highest BCUT2D eigenvalue weighted by Crippen LogP contribution is 2.36. The zero-order valence-electron chi connectivity index (χ0n) is 24.1. The number of nitrogens with zero attached hydrogens (tertiary/aromatic N) is 4. The Labute approximate surface area is 244 Å². The molecule has 42 heavy (non-hydrogen) atoms. The molecule has 0 spiro atoms. The van der Waals surface area contributed by atoms with Gasteiger partial charge in [0.2, 0.25) is 6.29 Å². The molecule has 1 radical (unpaired) electrons. The van der Waals surface area contributed by atoms with Gasteiger partial charge in [-0.05, 0) is 69.0 Å². The highest BCUT2D eigenvalue weighted by atomic mass is 19.1. The molecule has 9 nitrogen and oxygen atoms in total. The molecule has 3 aliphatic heterocycles. The average Bonchev–Trinajstić information content (AvgIpc) is 3.66. The van der Waals surface area contributed by atoms with Crippen LogP contribution in [0.25, 0.3) is 11.1 Å². The Morgan fingerprint density at radius 2 is 1.83 bits per heavy atom. The number of aromatic nitrogens is 2. The second-order valence-electron chi connectivity index (χ2n) is 12.1. The van der Waals surface area contributed by atoms with E-state index in [1.54, 1.807) is 17.3 Å². The van der Waals surface area contributed by atoms with Crippen molar-refractivity contribution in [2.45, 2.75) is 77.3 Å². The smallest absolute Gasteiger partial charge is 0.410 e. The van der Waals surface area contributed by atoms with Crippen molar-refractivity contribution in [2.75, 3.05) is 13.1 Å². The lowest BCUT2D eigenvalue weighted by Crippen LogP contribution is -2.44. The minimum atomic E-state index is -0.977. The van der Waals surface area contributed by atoms with Gasteiger partial charge in [-0.1, -0.05) is 12.1 Å². The Morgan fingerprint density at radius 3 is 2.52 bits per heavy atom. The van der Waals surface area contributed by atoms with Gasteiger partial charge in [0, 0.05) is 49.3 Å². The lowest BCUT2D eigenvalue weighted by atomic mass is 9.99. The van der Waals surface area contributed by atoms with E-state index in [9.17, 15) is 14.4 Å². The van der Waals surface area contributed by atoms with E-state index in [-0.39, 0.29) is 29.9 Å². The van der Waals surface area contributed by atoms with Crippen molar-refractivity contribution in [2.24, 2.45) is 0 Å². The Morgan fingerprint density at radius 1 is 1.10 bits per heavy atom. The van der Waals surface area contributed by atoms with E-state index < -0.39 is 23.4 Å².